The third-order valence-corrected chi connectivity index (χ3v) is 3.87. The zero-order valence-corrected chi connectivity index (χ0v) is 11.5. The summed E-state index contributed by atoms with van der Waals surface area (Å²) in [6.07, 6.45) is 9.32. The number of nitrogens with one attached hydrogen (secondary N) is 1. The lowest BCUT2D eigenvalue weighted by Gasteiger charge is -2.30. The van der Waals surface area contributed by atoms with E-state index in [9.17, 15) is 9.90 Å². The van der Waals surface area contributed by atoms with Crippen LogP contribution in [0.4, 0.5) is 5.95 Å². The number of carboxylic acids is 1. The van der Waals surface area contributed by atoms with Crippen LogP contribution in [-0.4, -0.2) is 38.8 Å². The van der Waals surface area contributed by atoms with E-state index in [1.54, 1.807) is 0 Å². The van der Waals surface area contributed by atoms with E-state index < -0.39 is 5.97 Å². The Labute approximate surface area is 118 Å². The minimum atomic E-state index is -1.03. The quantitative estimate of drug-likeness (QED) is 0.736. The zero-order chi connectivity index (χ0) is 14.4. The molecule has 0 aromatic carbocycles. The molecule has 1 aromatic heterocycles. The molecule has 1 atom stereocenters. The van der Waals surface area contributed by atoms with Crippen LogP contribution in [0.3, 0.4) is 0 Å². The van der Waals surface area contributed by atoms with Crippen LogP contribution in [-0.2, 0) is 0 Å². The maximum atomic E-state index is 10.8. The first-order chi connectivity index (χ1) is 9.70. The summed E-state index contributed by atoms with van der Waals surface area (Å²) >= 11 is 0. The second kappa shape index (κ2) is 7.19. The fourth-order valence-corrected chi connectivity index (χ4v) is 2.78. The molecule has 20 heavy (non-hydrogen) atoms. The molecule has 6 nitrogen and oxygen atoms in total. The van der Waals surface area contributed by atoms with Crippen LogP contribution in [0.25, 0.3) is 0 Å². The highest BCUT2D eigenvalue weighted by molar-refractivity contribution is 5.86. The van der Waals surface area contributed by atoms with Gasteiger partial charge in [-0.15, -0.1) is 0 Å². The molecule has 1 unspecified atom stereocenters. The Morgan fingerprint density at radius 3 is 2.50 bits per heavy atom. The van der Waals surface area contributed by atoms with Gasteiger partial charge in [0.1, 0.15) is 0 Å². The number of hydrogen-bond donors (Lipinski definition) is 3. The third-order valence-electron chi connectivity index (χ3n) is 3.87. The molecule has 0 saturated heterocycles. The van der Waals surface area contributed by atoms with Crippen LogP contribution in [0, 0.1) is 5.92 Å². The van der Waals surface area contributed by atoms with Gasteiger partial charge in [-0.3, -0.25) is 0 Å². The average molecular weight is 279 g/mol. The highest BCUT2D eigenvalue weighted by atomic mass is 16.4. The van der Waals surface area contributed by atoms with Gasteiger partial charge in [0.05, 0.1) is 5.56 Å². The van der Waals surface area contributed by atoms with Gasteiger partial charge < -0.3 is 15.5 Å². The number of carbonyl (C=O) groups is 1. The monoisotopic (exact) mass is 279 g/mol. The molecule has 1 aromatic rings. The summed E-state index contributed by atoms with van der Waals surface area (Å²) < 4.78 is 0. The number of aromatic nitrogens is 2. The second-order valence-corrected chi connectivity index (χ2v) is 5.26. The van der Waals surface area contributed by atoms with Gasteiger partial charge in [0.2, 0.25) is 5.95 Å². The molecule has 2 rings (SSSR count). The Kier molecular flexibility index (Phi) is 5.29. The van der Waals surface area contributed by atoms with Crippen LogP contribution < -0.4 is 5.32 Å². The molecule has 0 spiro atoms. The Morgan fingerprint density at radius 2 is 1.95 bits per heavy atom. The summed E-state index contributed by atoms with van der Waals surface area (Å²) in [5.41, 5.74) is 0.0759. The summed E-state index contributed by atoms with van der Waals surface area (Å²) in [4.78, 5) is 18.8. The van der Waals surface area contributed by atoms with Crippen LogP contribution >= 0.6 is 0 Å². The van der Waals surface area contributed by atoms with Crippen LogP contribution in [0.2, 0.25) is 0 Å². The van der Waals surface area contributed by atoms with E-state index in [1.807, 2.05) is 0 Å². The van der Waals surface area contributed by atoms with Crippen LogP contribution in [0.1, 0.15) is 48.9 Å². The molecule has 1 aliphatic rings. The number of aliphatic hydroxyl groups is 1. The molecule has 0 amide bonds. The minimum Gasteiger partial charge on any atom is -0.478 e. The van der Waals surface area contributed by atoms with Gasteiger partial charge in [0.15, 0.2) is 0 Å². The first kappa shape index (κ1) is 14.7. The lowest BCUT2D eigenvalue weighted by Crippen LogP contribution is -2.32. The largest absolute Gasteiger partial charge is 0.478 e. The Bertz CT molecular complexity index is 430. The summed E-state index contributed by atoms with van der Waals surface area (Å²) in [5.74, 6) is -0.0755. The Balaban J connectivity index is 2.01. The SMILES string of the molecule is O=C(O)c1cnc(NC(CCO)C2CCCCC2)nc1. The lowest BCUT2D eigenvalue weighted by molar-refractivity contribution is 0.0696. The molecule has 110 valence electrons. The predicted molar refractivity (Wildman–Crippen MR) is 74.7 cm³/mol. The molecule has 1 fully saturated rings. The van der Waals surface area contributed by atoms with Gasteiger partial charge in [-0.2, -0.15) is 0 Å². The fourth-order valence-electron chi connectivity index (χ4n) is 2.78. The van der Waals surface area contributed by atoms with Gasteiger partial charge in [0, 0.05) is 25.0 Å². The van der Waals surface area contributed by atoms with Crippen molar-refractivity contribution >= 4 is 11.9 Å². The normalized spacial score (nSPS) is 17.6. The topological polar surface area (TPSA) is 95.3 Å². The fraction of sp³-hybridized carbons (Fsp3) is 0.643. The van der Waals surface area contributed by atoms with Crippen molar-refractivity contribution in [2.24, 2.45) is 5.92 Å². The van der Waals surface area contributed by atoms with Gasteiger partial charge in [-0.1, -0.05) is 19.3 Å². The maximum absolute atomic E-state index is 10.8. The summed E-state index contributed by atoms with van der Waals surface area (Å²) in [5, 5.41) is 21.3. The molecule has 0 radical (unpaired) electrons. The van der Waals surface area contributed by atoms with Crippen LogP contribution in [0.5, 0.6) is 0 Å². The van der Waals surface area contributed by atoms with Crippen molar-refractivity contribution in [3.8, 4) is 0 Å². The average Bonchev–Trinajstić information content (AvgIpc) is 2.48. The lowest BCUT2D eigenvalue weighted by atomic mass is 9.83. The number of nitrogens with zero attached hydrogens (tertiary/aromatic N) is 2. The van der Waals surface area contributed by atoms with E-state index in [0.717, 1.165) is 12.8 Å². The number of rotatable bonds is 6. The molecule has 1 aliphatic carbocycles. The number of hydrogen-bond acceptors (Lipinski definition) is 5. The molecule has 1 saturated carbocycles. The van der Waals surface area contributed by atoms with Crippen molar-refractivity contribution in [3.05, 3.63) is 18.0 Å². The molecular weight excluding hydrogens is 258 g/mol. The van der Waals surface area contributed by atoms with Crippen molar-refractivity contribution in [1.82, 2.24) is 9.97 Å². The van der Waals surface area contributed by atoms with Gasteiger partial charge in [0.25, 0.3) is 0 Å². The Morgan fingerprint density at radius 1 is 1.30 bits per heavy atom. The number of carboxylic acid groups (broad SMARTS) is 1. The smallest absolute Gasteiger partial charge is 0.338 e. The molecular formula is C14H21N3O3. The van der Waals surface area contributed by atoms with E-state index in [1.165, 1.54) is 31.7 Å². The van der Waals surface area contributed by atoms with Gasteiger partial charge >= 0.3 is 5.97 Å². The Hall–Kier alpha value is -1.69. The molecule has 0 aliphatic heterocycles. The van der Waals surface area contributed by atoms with Gasteiger partial charge in [-0.25, -0.2) is 14.8 Å². The van der Waals surface area contributed by atoms with Crippen LogP contribution in [0.15, 0.2) is 12.4 Å². The van der Waals surface area contributed by atoms with E-state index in [0.29, 0.717) is 18.3 Å². The highest BCUT2D eigenvalue weighted by Crippen LogP contribution is 2.29. The second-order valence-electron chi connectivity index (χ2n) is 5.26. The summed E-state index contributed by atoms with van der Waals surface area (Å²) in [7, 11) is 0. The number of aromatic carboxylic acids is 1. The van der Waals surface area contributed by atoms with Crippen molar-refractivity contribution in [3.63, 3.8) is 0 Å². The number of aliphatic hydroxyl groups excluding tert-OH is 1. The predicted octanol–water partition coefficient (Wildman–Crippen LogP) is 1.92. The van der Waals surface area contributed by atoms with E-state index in [4.69, 9.17) is 5.11 Å². The van der Waals surface area contributed by atoms with E-state index in [-0.39, 0.29) is 18.2 Å². The standard InChI is InChI=1S/C14H21N3O3/c18-7-6-12(10-4-2-1-3-5-10)17-14-15-8-11(9-16-14)13(19)20/h8-10,12,18H,1-7H2,(H,19,20)(H,15,16,17). The first-order valence-electron chi connectivity index (χ1n) is 7.13. The third kappa shape index (κ3) is 3.90. The molecule has 6 heteroatoms. The van der Waals surface area contributed by atoms with Gasteiger partial charge in [-0.05, 0) is 25.2 Å². The first-order valence-corrected chi connectivity index (χ1v) is 7.13. The van der Waals surface area contributed by atoms with Crippen molar-refractivity contribution in [2.75, 3.05) is 11.9 Å². The minimum absolute atomic E-state index is 0.0759. The van der Waals surface area contributed by atoms with E-state index >= 15 is 0 Å². The summed E-state index contributed by atoms with van der Waals surface area (Å²) in [6, 6.07) is 0.149. The van der Waals surface area contributed by atoms with Crippen molar-refractivity contribution < 1.29 is 15.0 Å². The number of anilines is 1. The summed E-state index contributed by atoms with van der Waals surface area (Å²) in [6.45, 7) is 0.126. The zero-order valence-electron chi connectivity index (χ0n) is 11.5. The van der Waals surface area contributed by atoms with Crippen molar-refractivity contribution in [1.29, 1.82) is 0 Å². The maximum Gasteiger partial charge on any atom is 0.338 e. The molecule has 3 N–H and O–H groups in total. The molecule has 1 heterocycles. The van der Waals surface area contributed by atoms with E-state index in [2.05, 4.69) is 15.3 Å². The van der Waals surface area contributed by atoms with Crippen molar-refractivity contribution in [2.45, 2.75) is 44.6 Å². The highest BCUT2D eigenvalue weighted by Gasteiger charge is 2.23. The molecule has 0 bridgehead atoms.